The molecule has 2 rings (SSSR count). The van der Waals surface area contributed by atoms with Crippen LogP contribution in [0.15, 0.2) is 24.3 Å². The Labute approximate surface area is 184 Å². The number of carbonyl (C=O) groups is 3. The Morgan fingerprint density at radius 1 is 1.10 bits per heavy atom. The molecule has 0 fully saturated rings. The molecule has 31 heavy (non-hydrogen) atoms. The standard InChI is InChI=1S/C23H33N3O5/c1-7-25(14-20(27)24-22(29)31-9-3)15-21(28)26-19-11-10-17(30-8-2)12-18(19)16(4)13-23(26,5)6/h10-13H,7-9,14-15H2,1-6H3,(H,24,27,29). The van der Waals surface area contributed by atoms with Crippen molar-refractivity contribution in [3.05, 3.63) is 29.8 Å². The van der Waals surface area contributed by atoms with Crippen LogP contribution in [0.2, 0.25) is 0 Å². The number of benzene rings is 1. The molecule has 1 N–H and O–H groups in total. The van der Waals surface area contributed by atoms with Crippen LogP contribution in [0.5, 0.6) is 5.75 Å². The molecule has 1 aromatic carbocycles. The van der Waals surface area contributed by atoms with Gasteiger partial charge in [0.05, 0.1) is 37.5 Å². The molecule has 1 aromatic rings. The van der Waals surface area contributed by atoms with Gasteiger partial charge in [-0.05, 0) is 64.9 Å². The van der Waals surface area contributed by atoms with Crippen LogP contribution in [0.3, 0.4) is 0 Å². The quantitative estimate of drug-likeness (QED) is 0.680. The number of alkyl carbamates (subject to hydrolysis) is 1. The summed E-state index contributed by atoms with van der Waals surface area (Å²) in [7, 11) is 0. The maximum absolute atomic E-state index is 13.4. The number of carbonyl (C=O) groups excluding carboxylic acids is 3. The molecule has 0 saturated carbocycles. The first-order valence-electron chi connectivity index (χ1n) is 10.6. The van der Waals surface area contributed by atoms with Crippen LogP contribution in [0.4, 0.5) is 10.5 Å². The predicted molar refractivity (Wildman–Crippen MR) is 120 cm³/mol. The summed E-state index contributed by atoms with van der Waals surface area (Å²) in [5.41, 5.74) is 2.30. The lowest BCUT2D eigenvalue weighted by atomic mass is 9.88. The highest BCUT2D eigenvalue weighted by Crippen LogP contribution is 2.40. The summed E-state index contributed by atoms with van der Waals surface area (Å²) in [5.74, 6) is 0.111. The van der Waals surface area contributed by atoms with Gasteiger partial charge in [0.1, 0.15) is 5.75 Å². The summed E-state index contributed by atoms with van der Waals surface area (Å²) in [6, 6.07) is 5.71. The number of fused-ring (bicyclic) bond motifs is 1. The van der Waals surface area contributed by atoms with Crippen LogP contribution in [-0.2, 0) is 14.3 Å². The van der Waals surface area contributed by atoms with E-state index in [1.165, 1.54) is 0 Å². The number of nitrogens with zero attached hydrogens (tertiary/aromatic N) is 2. The van der Waals surface area contributed by atoms with Gasteiger partial charge in [0.25, 0.3) is 0 Å². The second-order valence-corrected chi connectivity index (χ2v) is 7.89. The zero-order valence-corrected chi connectivity index (χ0v) is 19.3. The van der Waals surface area contributed by atoms with Gasteiger partial charge in [-0.3, -0.25) is 19.8 Å². The molecule has 0 unspecified atom stereocenters. The lowest BCUT2D eigenvalue weighted by Gasteiger charge is -2.42. The van der Waals surface area contributed by atoms with Crippen molar-refractivity contribution < 1.29 is 23.9 Å². The highest BCUT2D eigenvalue weighted by molar-refractivity contribution is 6.02. The number of rotatable bonds is 8. The van der Waals surface area contributed by atoms with Gasteiger partial charge in [0.2, 0.25) is 11.8 Å². The third-order valence-corrected chi connectivity index (χ3v) is 5.03. The Hall–Kier alpha value is -2.87. The van der Waals surface area contributed by atoms with E-state index in [1.807, 2.05) is 52.8 Å². The zero-order chi connectivity index (χ0) is 23.2. The second-order valence-electron chi connectivity index (χ2n) is 7.89. The lowest BCUT2D eigenvalue weighted by Crippen LogP contribution is -2.53. The molecule has 1 aliphatic heterocycles. The smallest absolute Gasteiger partial charge is 0.413 e. The Morgan fingerprint density at radius 2 is 1.81 bits per heavy atom. The molecule has 170 valence electrons. The minimum Gasteiger partial charge on any atom is -0.494 e. The van der Waals surface area contributed by atoms with Gasteiger partial charge in [0.15, 0.2) is 0 Å². The van der Waals surface area contributed by atoms with Gasteiger partial charge >= 0.3 is 6.09 Å². The molecule has 1 heterocycles. The van der Waals surface area contributed by atoms with Crippen molar-refractivity contribution in [1.29, 1.82) is 0 Å². The summed E-state index contributed by atoms with van der Waals surface area (Å²) < 4.78 is 10.3. The monoisotopic (exact) mass is 431 g/mol. The Morgan fingerprint density at radius 3 is 2.42 bits per heavy atom. The highest BCUT2D eigenvalue weighted by atomic mass is 16.5. The van der Waals surface area contributed by atoms with E-state index < -0.39 is 17.5 Å². The molecular formula is C23H33N3O5. The minimum absolute atomic E-state index is 0.0374. The van der Waals surface area contributed by atoms with Gasteiger partial charge in [-0.25, -0.2) is 4.79 Å². The number of amides is 3. The fourth-order valence-electron chi connectivity index (χ4n) is 3.79. The molecule has 0 aliphatic carbocycles. The molecule has 8 nitrogen and oxygen atoms in total. The zero-order valence-electron chi connectivity index (χ0n) is 19.3. The van der Waals surface area contributed by atoms with Crippen molar-refractivity contribution in [2.75, 3.05) is 37.7 Å². The highest BCUT2D eigenvalue weighted by Gasteiger charge is 2.36. The van der Waals surface area contributed by atoms with E-state index in [0.717, 1.165) is 22.6 Å². The average Bonchev–Trinajstić information content (AvgIpc) is 2.67. The molecule has 0 aromatic heterocycles. The topological polar surface area (TPSA) is 88.2 Å². The summed E-state index contributed by atoms with van der Waals surface area (Å²) in [6.45, 7) is 12.6. The van der Waals surface area contributed by atoms with Crippen molar-refractivity contribution in [1.82, 2.24) is 10.2 Å². The largest absolute Gasteiger partial charge is 0.494 e. The van der Waals surface area contributed by atoms with Crippen LogP contribution < -0.4 is 15.0 Å². The maximum atomic E-state index is 13.4. The van der Waals surface area contributed by atoms with E-state index in [9.17, 15) is 14.4 Å². The number of nitrogens with one attached hydrogen (secondary N) is 1. The Balaban J connectivity index is 2.21. The lowest BCUT2D eigenvalue weighted by molar-refractivity contribution is -0.123. The molecule has 0 radical (unpaired) electrons. The van der Waals surface area contributed by atoms with Crippen molar-refractivity contribution in [3.63, 3.8) is 0 Å². The van der Waals surface area contributed by atoms with E-state index in [-0.39, 0.29) is 25.6 Å². The van der Waals surface area contributed by atoms with Crippen LogP contribution in [0.1, 0.15) is 47.1 Å². The summed E-state index contributed by atoms with van der Waals surface area (Å²) >= 11 is 0. The Bertz CT molecular complexity index is 863. The maximum Gasteiger partial charge on any atom is 0.413 e. The molecule has 0 saturated heterocycles. The van der Waals surface area contributed by atoms with Crippen molar-refractivity contribution in [3.8, 4) is 5.75 Å². The SMILES string of the molecule is CCOC(=O)NC(=O)CN(CC)CC(=O)N1c2ccc(OCC)cc2C(C)=CC1(C)C. The number of hydrogen-bond acceptors (Lipinski definition) is 6. The van der Waals surface area contributed by atoms with Crippen molar-refractivity contribution >= 4 is 29.2 Å². The first kappa shape index (κ1) is 24.4. The van der Waals surface area contributed by atoms with Gasteiger partial charge < -0.3 is 14.4 Å². The number of hydrogen-bond donors (Lipinski definition) is 1. The number of anilines is 1. The minimum atomic E-state index is -0.785. The van der Waals surface area contributed by atoms with Crippen molar-refractivity contribution in [2.24, 2.45) is 0 Å². The fraction of sp³-hybridized carbons (Fsp3) is 0.522. The molecular weight excluding hydrogens is 398 g/mol. The number of allylic oxidation sites excluding steroid dienone is 1. The van der Waals surface area contributed by atoms with Crippen molar-refractivity contribution in [2.45, 2.75) is 47.1 Å². The van der Waals surface area contributed by atoms with Gasteiger partial charge in [-0.2, -0.15) is 0 Å². The van der Waals surface area contributed by atoms with Crippen LogP contribution in [0.25, 0.3) is 5.57 Å². The van der Waals surface area contributed by atoms with Crippen LogP contribution >= 0.6 is 0 Å². The van der Waals surface area contributed by atoms with Crippen LogP contribution in [-0.4, -0.2) is 61.2 Å². The van der Waals surface area contributed by atoms with E-state index in [0.29, 0.717) is 13.2 Å². The Kier molecular flexibility index (Phi) is 8.21. The average molecular weight is 432 g/mol. The van der Waals surface area contributed by atoms with Crippen LogP contribution in [0, 0.1) is 0 Å². The second kappa shape index (κ2) is 10.4. The number of likely N-dealkylation sites (N-methyl/N-ethyl adjacent to an activating group) is 1. The molecule has 0 spiro atoms. The third kappa shape index (κ3) is 6.07. The number of imide groups is 1. The van der Waals surface area contributed by atoms with E-state index >= 15 is 0 Å². The molecule has 0 bridgehead atoms. The fourth-order valence-corrected chi connectivity index (χ4v) is 3.79. The van der Waals surface area contributed by atoms with E-state index in [4.69, 9.17) is 9.47 Å². The van der Waals surface area contributed by atoms with Gasteiger partial charge in [-0.1, -0.05) is 13.0 Å². The van der Waals surface area contributed by atoms with E-state index in [1.54, 1.807) is 16.7 Å². The summed E-state index contributed by atoms with van der Waals surface area (Å²) in [4.78, 5) is 40.4. The molecule has 1 aliphatic rings. The third-order valence-electron chi connectivity index (χ3n) is 5.03. The number of ether oxygens (including phenoxy) is 2. The normalized spacial score (nSPS) is 14.5. The first-order chi connectivity index (χ1) is 14.6. The first-order valence-corrected chi connectivity index (χ1v) is 10.6. The predicted octanol–water partition coefficient (Wildman–Crippen LogP) is 3.21. The van der Waals surface area contributed by atoms with Gasteiger partial charge in [-0.15, -0.1) is 0 Å². The molecule has 0 atom stereocenters. The van der Waals surface area contributed by atoms with Gasteiger partial charge in [0, 0.05) is 5.56 Å². The summed E-state index contributed by atoms with van der Waals surface area (Å²) in [6.07, 6.45) is 1.28. The van der Waals surface area contributed by atoms with E-state index in [2.05, 4.69) is 11.4 Å². The molecule has 8 heteroatoms. The molecule has 3 amide bonds. The summed E-state index contributed by atoms with van der Waals surface area (Å²) in [5, 5.41) is 2.16.